The van der Waals surface area contributed by atoms with E-state index < -0.39 is 0 Å². The molecule has 272 valence electrons. The van der Waals surface area contributed by atoms with Crippen LogP contribution < -0.4 is 0 Å². The highest BCUT2D eigenvalue weighted by Gasteiger charge is 2.19. The first-order valence-electron chi connectivity index (χ1n) is 19.2. The average molecular weight is 745 g/mol. The van der Waals surface area contributed by atoms with Crippen LogP contribution in [0.3, 0.4) is 0 Å². The van der Waals surface area contributed by atoms with Crippen molar-refractivity contribution in [3.63, 3.8) is 0 Å². The third-order valence-corrected chi connectivity index (χ3v) is 10.6. The van der Waals surface area contributed by atoms with E-state index in [-0.39, 0.29) is 0 Å². The Kier molecular flexibility index (Phi) is 8.04. The molecule has 58 heavy (non-hydrogen) atoms. The number of para-hydroxylation sites is 1. The Labute approximate surface area is 333 Å². The van der Waals surface area contributed by atoms with Gasteiger partial charge >= 0.3 is 0 Å². The van der Waals surface area contributed by atoms with E-state index in [4.69, 9.17) is 28.8 Å². The van der Waals surface area contributed by atoms with E-state index in [1.54, 1.807) is 0 Å². The summed E-state index contributed by atoms with van der Waals surface area (Å²) < 4.78 is 13.1. The molecule has 0 amide bonds. The van der Waals surface area contributed by atoms with E-state index in [9.17, 15) is 0 Å². The van der Waals surface area contributed by atoms with Crippen molar-refractivity contribution in [2.24, 2.45) is 0 Å². The van der Waals surface area contributed by atoms with E-state index >= 15 is 0 Å². The normalized spacial score (nSPS) is 11.4. The fourth-order valence-electron chi connectivity index (χ4n) is 7.63. The molecule has 0 atom stereocenters. The molecule has 0 saturated heterocycles. The molecule has 6 nitrogen and oxygen atoms in total. The first kappa shape index (κ1) is 33.4. The number of hydrogen-bond donors (Lipinski definition) is 0. The summed E-state index contributed by atoms with van der Waals surface area (Å²) in [5.74, 6) is 2.34. The van der Waals surface area contributed by atoms with Crippen LogP contribution in [0.5, 0.6) is 0 Å². The van der Waals surface area contributed by atoms with Crippen molar-refractivity contribution in [3.05, 3.63) is 194 Å². The molecule has 0 radical (unpaired) electrons. The predicted octanol–water partition coefficient (Wildman–Crippen LogP) is 13.6. The number of rotatable bonds is 7. The summed E-state index contributed by atoms with van der Waals surface area (Å²) in [5.41, 5.74) is 13.2. The SMILES string of the molecule is c1ccc(-c2ccc(-c3cccc(-c4nc5ccc(-c6ccc7c(c6)oc6c(-c8nc(-c9ccccc9)nc(-c9ccccc9)n8)cccc67)cc5o4)c3)cc2)cc1. The van der Waals surface area contributed by atoms with Gasteiger partial charge in [0.05, 0.1) is 5.56 Å². The second kappa shape index (κ2) is 14.0. The molecule has 0 unspecified atom stereocenters. The van der Waals surface area contributed by atoms with E-state index in [2.05, 4.69) is 97.1 Å². The van der Waals surface area contributed by atoms with Crippen molar-refractivity contribution in [2.45, 2.75) is 0 Å². The molecule has 0 aliphatic carbocycles. The predicted molar refractivity (Wildman–Crippen MR) is 233 cm³/mol. The van der Waals surface area contributed by atoms with Crippen LogP contribution in [0.15, 0.2) is 203 Å². The number of oxazole rings is 1. The highest BCUT2D eigenvalue weighted by molar-refractivity contribution is 6.10. The minimum atomic E-state index is 0.552. The van der Waals surface area contributed by atoms with Gasteiger partial charge in [-0.2, -0.15) is 0 Å². The number of benzene rings is 8. The van der Waals surface area contributed by atoms with Crippen molar-refractivity contribution >= 4 is 33.0 Å². The number of nitrogens with zero attached hydrogens (tertiary/aromatic N) is 4. The van der Waals surface area contributed by atoms with Crippen molar-refractivity contribution in [3.8, 4) is 79.0 Å². The third-order valence-electron chi connectivity index (χ3n) is 10.6. The lowest BCUT2D eigenvalue weighted by molar-refractivity contribution is 0.620. The summed E-state index contributed by atoms with van der Waals surface area (Å²) in [6, 6.07) is 66.0. The monoisotopic (exact) mass is 744 g/mol. The molecule has 6 heteroatoms. The summed E-state index contributed by atoms with van der Waals surface area (Å²) in [7, 11) is 0. The molecule has 11 aromatic rings. The summed E-state index contributed by atoms with van der Waals surface area (Å²) in [6.07, 6.45) is 0. The molecule has 8 aromatic carbocycles. The van der Waals surface area contributed by atoms with Crippen LogP contribution in [0, 0.1) is 0 Å². The van der Waals surface area contributed by atoms with Gasteiger partial charge in [-0.3, -0.25) is 0 Å². The van der Waals surface area contributed by atoms with Crippen LogP contribution in [0.4, 0.5) is 0 Å². The van der Waals surface area contributed by atoms with Gasteiger partial charge in [0.15, 0.2) is 23.1 Å². The number of furan rings is 1. The fraction of sp³-hybridized carbons (Fsp3) is 0. The molecule has 3 aromatic heterocycles. The second-order valence-electron chi connectivity index (χ2n) is 14.3. The summed E-state index contributed by atoms with van der Waals surface area (Å²) in [4.78, 5) is 19.7. The molecule has 0 spiro atoms. The Morgan fingerprint density at radius 3 is 1.48 bits per heavy atom. The van der Waals surface area contributed by atoms with Crippen molar-refractivity contribution < 1.29 is 8.83 Å². The minimum Gasteiger partial charge on any atom is -0.455 e. The number of aromatic nitrogens is 4. The highest BCUT2D eigenvalue weighted by Crippen LogP contribution is 2.38. The zero-order valence-corrected chi connectivity index (χ0v) is 31.1. The second-order valence-corrected chi connectivity index (χ2v) is 14.3. The molecule has 0 bridgehead atoms. The molecular formula is C52H32N4O2. The van der Waals surface area contributed by atoms with Crippen LogP contribution in [0.2, 0.25) is 0 Å². The number of fused-ring (bicyclic) bond motifs is 4. The molecular weight excluding hydrogens is 713 g/mol. The molecule has 11 rings (SSSR count). The van der Waals surface area contributed by atoms with Gasteiger partial charge in [-0.05, 0) is 75.8 Å². The topological polar surface area (TPSA) is 77.8 Å². The van der Waals surface area contributed by atoms with Crippen LogP contribution in [0.1, 0.15) is 0 Å². The Bertz CT molecular complexity index is 3210. The van der Waals surface area contributed by atoms with Gasteiger partial charge < -0.3 is 8.83 Å². The van der Waals surface area contributed by atoms with Gasteiger partial charge in [-0.1, -0.05) is 152 Å². The smallest absolute Gasteiger partial charge is 0.227 e. The molecule has 0 fully saturated rings. The lowest BCUT2D eigenvalue weighted by atomic mass is 9.99. The van der Waals surface area contributed by atoms with Crippen LogP contribution in [-0.2, 0) is 0 Å². The van der Waals surface area contributed by atoms with Crippen LogP contribution >= 0.6 is 0 Å². The molecule has 3 heterocycles. The van der Waals surface area contributed by atoms with Crippen LogP contribution in [-0.4, -0.2) is 19.9 Å². The minimum absolute atomic E-state index is 0.552. The Morgan fingerprint density at radius 1 is 0.293 bits per heavy atom. The maximum Gasteiger partial charge on any atom is 0.227 e. The maximum atomic E-state index is 6.68. The van der Waals surface area contributed by atoms with Gasteiger partial charge in [-0.25, -0.2) is 19.9 Å². The summed E-state index contributed by atoms with van der Waals surface area (Å²) in [6.45, 7) is 0. The first-order chi connectivity index (χ1) is 28.7. The van der Waals surface area contributed by atoms with Gasteiger partial charge in [0.1, 0.15) is 16.7 Å². The van der Waals surface area contributed by atoms with Crippen LogP contribution in [0.25, 0.3) is 112 Å². The highest BCUT2D eigenvalue weighted by atomic mass is 16.3. The van der Waals surface area contributed by atoms with E-state index in [0.29, 0.717) is 23.4 Å². The number of hydrogen-bond acceptors (Lipinski definition) is 6. The van der Waals surface area contributed by atoms with Crippen molar-refractivity contribution in [1.82, 2.24) is 19.9 Å². The van der Waals surface area contributed by atoms with Crippen molar-refractivity contribution in [1.29, 1.82) is 0 Å². The van der Waals surface area contributed by atoms with E-state index in [1.165, 1.54) is 11.1 Å². The van der Waals surface area contributed by atoms with E-state index in [1.807, 2.05) is 97.1 Å². The zero-order chi connectivity index (χ0) is 38.4. The van der Waals surface area contributed by atoms with Gasteiger partial charge in [0.2, 0.25) is 5.89 Å². The van der Waals surface area contributed by atoms with Gasteiger partial charge in [0, 0.05) is 27.5 Å². The fourth-order valence-corrected chi connectivity index (χ4v) is 7.63. The summed E-state index contributed by atoms with van der Waals surface area (Å²) >= 11 is 0. The molecule has 0 aliphatic heterocycles. The maximum absolute atomic E-state index is 6.68. The molecule has 0 aliphatic rings. The third kappa shape index (κ3) is 6.10. The lowest BCUT2D eigenvalue weighted by Gasteiger charge is -2.08. The lowest BCUT2D eigenvalue weighted by Crippen LogP contribution is -2.00. The Hall–Kier alpha value is -7.96. The molecule has 0 N–H and O–H groups in total. The Balaban J connectivity index is 0.928. The average Bonchev–Trinajstić information content (AvgIpc) is 3.91. The summed E-state index contributed by atoms with van der Waals surface area (Å²) in [5, 5.41) is 2.01. The first-order valence-corrected chi connectivity index (χ1v) is 19.2. The van der Waals surface area contributed by atoms with Gasteiger partial charge in [-0.15, -0.1) is 0 Å². The quantitative estimate of drug-likeness (QED) is 0.162. The van der Waals surface area contributed by atoms with E-state index in [0.717, 1.165) is 77.5 Å². The molecule has 0 saturated carbocycles. The van der Waals surface area contributed by atoms with Crippen molar-refractivity contribution in [2.75, 3.05) is 0 Å². The Morgan fingerprint density at radius 2 is 0.793 bits per heavy atom. The zero-order valence-electron chi connectivity index (χ0n) is 31.1. The standard InChI is InChI=1S/C52H32N4O2/c1-4-12-33(13-5-1)34-22-24-35(25-23-34)38-18-10-19-41(30-38)52-53-45-29-27-40(32-47(45)58-52)39-26-28-42-43-20-11-21-44(48(43)57-46(42)31-39)51-55-49(36-14-6-2-7-15-36)54-50(56-51)37-16-8-3-9-17-37/h1-32H. The van der Waals surface area contributed by atoms with Gasteiger partial charge in [0.25, 0.3) is 0 Å². The largest absolute Gasteiger partial charge is 0.455 e.